The predicted molar refractivity (Wildman–Crippen MR) is 76.9 cm³/mol. The topological polar surface area (TPSA) is 66.4 Å². The molecule has 0 aromatic heterocycles. The van der Waals surface area contributed by atoms with Crippen LogP contribution in [0.25, 0.3) is 0 Å². The summed E-state index contributed by atoms with van der Waals surface area (Å²) < 4.78 is 41.2. The number of rotatable bonds is 6. The van der Waals surface area contributed by atoms with Gasteiger partial charge in [0.25, 0.3) is 0 Å². The van der Waals surface area contributed by atoms with Gasteiger partial charge in [0.2, 0.25) is 10.0 Å². The third-order valence-electron chi connectivity index (χ3n) is 4.49. The van der Waals surface area contributed by atoms with Crippen molar-refractivity contribution in [3.63, 3.8) is 0 Å². The number of aliphatic hydroxyl groups is 1. The van der Waals surface area contributed by atoms with Crippen LogP contribution in [0.5, 0.6) is 0 Å². The van der Waals surface area contributed by atoms with E-state index in [4.69, 9.17) is 16.7 Å². The number of sulfonamides is 1. The van der Waals surface area contributed by atoms with Crippen molar-refractivity contribution in [3.8, 4) is 0 Å². The Balaban J connectivity index is 1.83. The summed E-state index contributed by atoms with van der Waals surface area (Å²) in [6.07, 6.45) is 4.37. The highest BCUT2D eigenvalue weighted by Gasteiger charge is 2.53. The minimum absolute atomic E-state index is 0.0852. The van der Waals surface area contributed by atoms with Gasteiger partial charge < -0.3 is 5.11 Å². The predicted octanol–water partition coefficient (Wildman–Crippen LogP) is 2.44. The Hall–Kier alpha value is -0.690. The number of aliphatic hydroxyl groups excluding tert-OH is 1. The molecule has 7 heteroatoms. The Bertz CT molecular complexity index is 669. The molecule has 1 aromatic rings. The molecule has 0 atom stereocenters. The smallest absolute Gasteiger partial charge is 0.243 e. The highest BCUT2D eigenvalue weighted by Crippen LogP contribution is 2.60. The molecule has 0 radical (unpaired) electrons. The lowest BCUT2D eigenvalue weighted by Crippen LogP contribution is -2.32. The summed E-state index contributed by atoms with van der Waals surface area (Å²) in [6, 6.07) is 2.30. The van der Waals surface area contributed by atoms with E-state index in [1.807, 2.05) is 0 Å². The van der Waals surface area contributed by atoms with Crippen molar-refractivity contribution >= 4 is 21.6 Å². The Kier molecular flexibility index (Phi) is 3.76. The van der Waals surface area contributed by atoms with Gasteiger partial charge in [0, 0.05) is 17.1 Å². The van der Waals surface area contributed by atoms with Gasteiger partial charge in [-0.05, 0) is 49.1 Å². The fourth-order valence-electron chi connectivity index (χ4n) is 2.83. The lowest BCUT2D eigenvalue weighted by Gasteiger charge is -2.16. The molecule has 2 aliphatic rings. The second-order valence-corrected chi connectivity index (χ2v) is 8.17. The number of nitrogens with one attached hydrogen (secondary N) is 1. The van der Waals surface area contributed by atoms with Crippen LogP contribution in [-0.4, -0.2) is 20.1 Å². The van der Waals surface area contributed by atoms with Crippen LogP contribution >= 0.6 is 11.6 Å². The van der Waals surface area contributed by atoms with E-state index in [1.165, 1.54) is 6.07 Å². The molecule has 2 aliphatic carbocycles. The normalized spacial score (nSPS) is 20.5. The highest BCUT2D eigenvalue weighted by molar-refractivity contribution is 7.89. The Morgan fingerprint density at radius 2 is 2.05 bits per heavy atom. The molecule has 2 N–H and O–H groups in total. The molecule has 0 bridgehead atoms. The Morgan fingerprint density at radius 3 is 2.57 bits per heavy atom. The fraction of sp³-hybridized carbons (Fsp3) is 0.571. The molecule has 1 aromatic carbocycles. The van der Waals surface area contributed by atoms with Gasteiger partial charge in [-0.25, -0.2) is 17.5 Å². The van der Waals surface area contributed by atoms with Crippen LogP contribution in [0.4, 0.5) is 4.39 Å². The molecule has 0 heterocycles. The van der Waals surface area contributed by atoms with E-state index >= 15 is 0 Å². The highest BCUT2D eigenvalue weighted by atomic mass is 35.5. The number of hydrogen-bond donors (Lipinski definition) is 2. The van der Waals surface area contributed by atoms with Crippen molar-refractivity contribution in [1.82, 2.24) is 4.72 Å². The first-order valence-electron chi connectivity index (χ1n) is 6.96. The first-order chi connectivity index (χ1) is 9.88. The van der Waals surface area contributed by atoms with Gasteiger partial charge in [-0.2, -0.15) is 0 Å². The zero-order valence-corrected chi connectivity index (χ0v) is 13.0. The molecule has 116 valence electrons. The van der Waals surface area contributed by atoms with E-state index in [0.717, 1.165) is 31.7 Å². The van der Waals surface area contributed by atoms with Crippen LogP contribution in [0.3, 0.4) is 0 Å². The zero-order valence-electron chi connectivity index (χ0n) is 11.4. The molecule has 4 nitrogen and oxygen atoms in total. The molecule has 2 saturated carbocycles. The van der Waals surface area contributed by atoms with Crippen LogP contribution < -0.4 is 4.72 Å². The van der Waals surface area contributed by atoms with Gasteiger partial charge in [-0.15, -0.1) is 0 Å². The average molecular weight is 334 g/mol. The Labute approximate surface area is 128 Å². The number of benzene rings is 1. The fourth-order valence-corrected chi connectivity index (χ4v) is 4.42. The molecule has 0 amide bonds. The van der Waals surface area contributed by atoms with E-state index in [9.17, 15) is 12.8 Å². The van der Waals surface area contributed by atoms with Gasteiger partial charge in [-0.1, -0.05) is 11.6 Å². The molecule has 0 spiro atoms. The standard InChI is InChI=1S/C14H17ClFNO3S/c15-11-5-9(7-18)13(16)12(6-11)21(19,20)17-8-14(3-4-14)10-1-2-10/h5-6,10,17-18H,1-4,7-8H2. The molecule has 0 saturated heterocycles. The molecular weight excluding hydrogens is 317 g/mol. The van der Waals surface area contributed by atoms with Crippen molar-refractivity contribution in [2.45, 2.75) is 37.2 Å². The molecule has 0 unspecified atom stereocenters. The van der Waals surface area contributed by atoms with Gasteiger partial charge in [-0.3, -0.25) is 0 Å². The summed E-state index contributed by atoms with van der Waals surface area (Å²) in [5.74, 6) is -0.330. The Morgan fingerprint density at radius 1 is 1.38 bits per heavy atom. The largest absolute Gasteiger partial charge is 0.392 e. The summed E-state index contributed by atoms with van der Waals surface area (Å²) in [5, 5.41) is 9.16. The summed E-state index contributed by atoms with van der Waals surface area (Å²) in [5.41, 5.74) is -0.0340. The van der Waals surface area contributed by atoms with Crippen molar-refractivity contribution in [2.24, 2.45) is 11.3 Å². The zero-order chi connectivity index (χ0) is 15.3. The van der Waals surface area contributed by atoms with Crippen LogP contribution in [0.1, 0.15) is 31.2 Å². The SMILES string of the molecule is O=S(=O)(NCC1(C2CC2)CC1)c1cc(Cl)cc(CO)c1F. The van der Waals surface area contributed by atoms with Crippen molar-refractivity contribution in [2.75, 3.05) is 6.54 Å². The van der Waals surface area contributed by atoms with Crippen molar-refractivity contribution in [1.29, 1.82) is 0 Å². The lowest BCUT2D eigenvalue weighted by molar-refractivity contribution is 0.274. The maximum absolute atomic E-state index is 14.1. The molecular formula is C14H17ClFNO3S. The average Bonchev–Trinajstić information content (AvgIpc) is 3.30. The summed E-state index contributed by atoms with van der Waals surface area (Å²) >= 11 is 5.80. The van der Waals surface area contributed by atoms with E-state index < -0.39 is 27.3 Å². The summed E-state index contributed by atoms with van der Waals surface area (Å²) in [6.45, 7) is -0.249. The summed E-state index contributed by atoms with van der Waals surface area (Å²) in [4.78, 5) is -0.495. The number of hydrogen-bond acceptors (Lipinski definition) is 3. The van der Waals surface area contributed by atoms with E-state index in [0.29, 0.717) is 12.5 Å². The van der Waals surface area contributed by atoms with E-state index in [2.05, 4.69) is 4.72 Å². The molecule has 0 aliphatic heterocycles. The molecule has 2 fully saturated rings. The van der Waals surface area contributed by atoms with Gasteiger partial charge in [0.15, 0.2) is 0 Å². The lowest BCUT2D eigenvalue weighted by atomic mass is 10.0. The summed E-state index contributed by atoms with van der Waals surface area (Å²) in [7, 11) is -3.97. The van der Waals surface area contributed by atoms with Crippen LogP contribution in [-0.2, 0) is 16.6 Å². The van der Waals surface area contributed by atoms with E-state index in [-0.39, 0.29) is 16.0 Å². The minimum Gasteiger partial charge on any atom is -0.392 e. The maximum Gasteiger partial charge on any atom is 0.243 e. The first-order valence-corrected chi connectivity index (χ1v) is 8.82. The second-order valence-electron chi connectivity index (χ2n) is 6.00. The molecule has 3 rings (SSSR count). The van der Waals surface area contributed by atoms with Crippen LogP contribution in [0.15, 0.2) is 17.0 Å². The van der Waals surface area contributed by atoms with Gasteiger partial charge in [0.1, 0.15) is 10.7 Å². The van der Waals surface area contributed by atoms with Gasteiger partial charge in [0.05, 0.1) is 6.61 Å². The third-order valence-corrected chi connectivity index (χ3v) is 6.11. The quantitative estimate of drug-likeness (QED) is 0.840. The maximum atomic E-state index is 14.1. The number of halogens is 2. The van der Waals surface area contributed by atoms with Crippen LogP contribution in [0.2, 0.25) is 5.02 Å². The van der Waals surface area contributed by atoms with Crippen molar-refractivity contribution < 1.29 is 17.9 Å². The van der Waals surface area contributed by atoms with Crippen molar-refractivity contribution in [3.05, 3.63) is 28.5 Å². The molecule has 21 heavy (non-hydrogen) atoms. The van der Waals surface area contributed by atoms with Gasteiger partial charge >= 0.3 is 0 Å². The third kappa shape index (κ3) is 2.95. The first kappa shape index (κ1) is 15.2. The minimum atomic E-state index is -3.97. The van der Waals surface area contributed by atoms with E-state index in [1.54, 1.807) is 0 Å². The van der Waals surface area contributed by atoms with Crippen LogP contribution in [0, 0.1) is 17.2 Å². The second kappa shape index (κ2) is 5.19. The monoisotopic (exact) mass is 333 g/mol.